The average molecular weight is 405 g/mol. The van der Waals surface area contributed by atoms with Crippen molar-refractivity contribution in [1.82, 2.24) is 10.6 Å². The maximum absolute atomic E-state index is 12.6. The third-order valence-electron chi connectivity index (χ3n) is 5.20. The third-order valence-corrected chi connectivity index (χ3v) is 5.56. The second-order valence-electron chi connectivity index (χ2n) is 8.59. The average Bonchev–Trinajstić information content (AvgIpc) is 2.57. The summed E-state index contributed by atoms with van der Waals surface area (Å²) in [5.41, 5.74) is -0.387. The van der Waals surface area contributed by atoms with Gasteiger partial charge in [0.25, 0.3) is 0 Å². The van der Waals surface area contributed by atoms with Crippen LogP contribution >= 0.6 is 12.6 Å². The summed E-state index contributed by atoms with van der Waals surface area (Å²) in [5.74, 6) is -0.763. The van der Waals surface area contributed by atoms with E-state index in [-0.39, 0.29) is 24.0 Å². The number of hydrogen-bond donors (Lipinski definition) is 5. The molecule has 0 aromatic heterocycles. The van der Waals surface area contributed by atoms with Crippen LogP contribution in [0.4, 0.5) is 0 Å². The SMILES string of the molecule is COCC(O)CNC(C)(C)CC(C)(S)C(=O)NC[C@H]1CC[C@H](C(=O)O)CC1. The van der Waals surface area contributed by atoms with Crippen molar-refractivity contribution >= 4 is 24.5 Å². The highest BCUT2D eigenvalue weighted by Gasteiger charge is 2.36. The van der Waals surface area contributed by atoms with Crippen LogP contribution in [0.25, 0.3) is 0 Å². The molecule has 0 radical (unpaired) electrons. The van der Waals surface area contributed by atoms with Gasteiger partial charge in [0.15, 0.2) is 0 Å². The van der Waals surface area contributed by atoms with E-state index in [1.54, 1.807) is 6.92 Å². The number of methoxy groups -OCH3 is 1. The normalized spacial score (nSPS) is 24.1. The first-order valence-electron chi connectivity index (χ1n) is 9.62. The number of thiol groups is 1. The van der Waals surface area contributed by atoms with Crippen LogP contribution in [-0.4, -0.2) is 65.3 Å². The number of aliphatic carboxylic acids is 1. The van der Waals surface area contributed by atoms with Crippen molar-refractivity contribution in [3.05, 3.63) is 0 Å². The fourth-order valence-corrected chi connectivity index (χ4v) is 4.16. The Morgan fingerprint density at radius 3 is 2.33 bits per heavy atom. The summed E-state index contributed by atoms with van der Waals surface area (Å²) < 4.78 is 4.06. The summed E-state index contributed by atoms with van der Waals surface area (Å²) in [4.78, 5) is 23.6. The number of carboxylic acid groups (broad SMARTS) is 1. The number of rotatable bonds is 11. The first-order chi connectivity index (χ1) is 12.5. The van der Waals surface area contributed by atoms with Gasteiger partial charge in [-0.3, -0.25) is 9.59 Å². The zero-order valence-corrected chi connectivity index (χ0v) is 17.8. The van der Waals surface area contributed by atoms with Crippen molar-refractivity contribution in [3.63, 3.8) is 0 Å². The molecule has 0 saturated heterocycles. The van der Waals surface area contributed by atoms with E-state index in [9.17, 15) is 14.7 Å². The molecule has 0 spiro atoms. The summed E-state index contributed by atoms with van der Waals surface area (Å²) in [6.45, 7) is 6.93. The van der Waals surface area contributed by atoms with Crippen LogP contribution in [0.1, 0.15) is 52.9 Å². The summed E-state index contributed by atoms with van der Waals surface area (Å²) >= 11 is 4.58. The Hall–Kier alpha value is -0.830. The van der Waals surface area contributed by atoms with Crippen LogP contribution in [0.5, 0.6) is 0 Å². The first-order valence-corrected chi connectivity index (χ1v) is 10.1. The van der Waals surface area contributed by atoms with Gasteiger partial charge in [0.2, 0.25) is 5.91 Å². The highest BCUT2D eigenvalue weighted by molar-refractivity contribution is 7.82. The molecule has 1 rings (SSSR count). The maximum atomic E-state index is 12.6. The van der Waals surface area contributed by atoms with Crippen molar-refractivity contribution in [2.75, 3.05) is 26.8 Å². The Labute approximate surface area is 168 Å². The van der Waals surface area contributed by atoms with E-state index in [0.29, 0.717) is 38.3 Å². The van der Waals surface area contributed by atoms with Gasteiger partial charge < -0.3 is 25.6 Å². The highest BCUT2D eigenvalue weighted by atomic mass is 32.1. The van der Waals surface area contributed by atoms with Gasteiger partial charge in [0, 0.05) is 25.7 Å². The molecule has 1 aliphatic carbocycles. The largest absolute Gasteiger partial charge is 0.481 e. The molecule has 1 aliphatic rings. The zero-order valence-electron chi connectivity index (χ0n) is 17.0. The fraction of sp³-hybridized carbons (Fsp3) is 0.895. The molecule has 0 bridgehead atoms. The quantitative estimate of drug-likeness (QED) is 0.334. The molecule has 1 amide bonds. The van der Waals surface area contributed by atoms with Gasteiger partial charge in [-0.2, -0.15) is 12.6 Å². The second-order valence-corrected chi connectivity index (χ2v) is 9.58. The standard InChI is InChI=1S/C19H36N2O5S/c1-18(2,21-10-15(22)11-26-4)12-19(3,27)17(25)20-9-13-5-7-14(8-6-13)16(23)24/h13-15,21-22,27H,5-12H2,1-4H3,(H,20,25)(H,23,24)/t13-,14-,15?,19?. The minimum absolute atomic E-state index is 0.126. The van der Waals surface area contributed by atoms with E-state index >= 15 is 0 Å². The number of hydrogen-bond acceptors (Lipinski definition) is 6. The molecule has 1 saturated carbocycles. The number of carboxylic acids is 1. The Balaban J connectivity index is 2.42. The number of aliphatic hydroxyl groups excluding tert-OH is 1. The number of carbonyl (C=O) groups is 2. The Morgan fingerprint density at radius 1 is 1.22 bits per heavy atom. The van der Waals surface area contributed by atoms with E-state index in [0.717, 1.165) is 12.8 Å². The second kappa shape index (κ2) is 10.6. The summed E-state index contributed by atoms with van der Waals surface area (Å²) in [6, 6.07) is 0. The number of nitrogens with one attached hydrogen (secondary N) is 2. The lowest BCUT2D eigenvalue weighted by Gasteiger charge is -2.35. The molecule has 158 valence electrons. The summed E-state index contributed by atoms with van der Waals surface area (Å²) in [5, 5.41) is 25.1. The molecule has 27 heavy (non-hydrogen) atoms. The van der Waals surface area contributed by atoms with Crippen molar-refractivity contribution in [3.8, 4) is 0 Å². The molecule has 0 aliphatic heterocycles. The van der Waals surface area contributed by atoms with E-state index in [1.165, 1.54) is 7.11 Å². The number of amides is 1. The maximum Gasteiger partial charge on any atom is 0.306 e. The number of β-amino-alcohol motifs (C(OH)–C–C–N with tert-alkyl or cyclic N) is 1. The molecule has 0 aromatic rings. The van der Waals surface area contributed by atoms with Gasteiger partial charge in [0.1, 0.15) is 0 Å². The highest BCUT2D eigenvalue weighted by Crippen LogP contribution is 2.30. The van der Waals surface area contributed by atoms with Crippen LogP contribution in [0, 0.1) is 11.8 Å². The lowest BCUT2D eigenvalue weighted by atomic mass is 9.82. The van der Waals surface area contributed by atoms with Crippen LogP contribution in [0.15, 0.2) is 0 Å². The van der Waals surface area contributed by atoms with Crippen molar-refractivity contribution in [1.29, 1.82) is 0 Å². The monoisotopic (exact) mass is 404 g/mol. The van der Waals surface area contributed by atoms with Gasteiger partial charge in [-0.1, -0.05) is 0 Å². The Bertz CT molecular complexity index is 490. The van der Waals surface area contributed by atoms with Gasteiger partial charge in [-0.25, -0.2) is 0 Å². The Morgan fingerprint density at radius 2 is 1.81 bits per heavy atom. The topological polar surface area (TPSA) is 108 Å². The van der Waals surface area contributed by atoms with Crippen LogP contribution in [0.3, 0.4) is 0 Å². The Kier molecular flexibility index (Phi) is 9.54. The zero-order chi connectivity index (χ0) is 20.7. The summed E-state index contributed by atoms with van der Waals surface area (Å²) in [7, 11) is 1.54. The minimum Gasteiger partial charge on any atom is -0.481 e. The predicted molar refractivity (Wildman–Crippen MR) is 108 cm³/mol. The third kappa shape index (κ3) is 8.81. The lowest BCUT2D eigenvalue weighted by Crippen LogP contribution is -2.52. The fourth-order valence-electron chi connectivity index (χ4n) is 3.69. The predicted octanol–water partition coefficient (Wildman–Crippen LogP) is 1.45. The molecule has 7 nitrogen and oxygen atoms in total. The minimum atomic E-state index is -0.860. The van der Waals surface area contributed by atoms with Gasteiger partial charge in [-0.05, 0) is 58.8 Å². The van der Waals surface area contributed by atoms with E-state index in [1.807, 2.05) is 13.8 Å². The van der Waals surface area contributed by atoms with Gasteiger partial charge >= 0.3 is 5.97 Å². The molecule has 1 fully saturated rings. The smallest absolute Gasteiger partial charge is 0.306 e. The van der Waals surface area contributed by atoms with E-state index in [4.69, 9.17) is 9.84 Å². The number of carbonyl (C=O) groups excluding carboxylic acids is 1. The molecule has 4 N–H and O–H groups in total. The van der Waals surface area contributed by atoms with Crippen molar-refractivity contribution in [2.45, 2.75) is 69.3 Å². The number of aliphatic hydroxyl groups is 1. The molecule has 0 heterocycles. The summed E-state index contributed by atoms with van der Waals surface area (Å²) in [6.07, 6.45) is 2.88. The van der Waals surface area contributed by atoms with Crippen molar-refractivity contribution in [2.24, 2.45) is 11.8 Å². The molecule has 2 atom stereocenters. The first kappa shape index (κ1) is 24.2. The van der Waals surface area contributed by atoms with Gasteiger partial charge in [-0.15, -0.1) is 0 Å². The molecule has 0 aromatic carbocycles. The molecular formula is C19H36N2O5S. The lowest BCUT2D eigenvalue weighted by molar-refractivity contribution is -0.143. The van der Waals surface area contributed by atoms with Crippen LogP contribution in [-0.2, 0) is 14.3 Å². The number of ether oxygens (including phenoxy) is 1. The van der Waals surface area contributed by atoms with Crippen LogP contribution in [0.2, 0.25) is 0 Å². The molecule has 2 unspecified atom stereocenters. The van der Waals surface area contributed by atoms with Crippen molar-refractivity contribution < 1.29 is 24.5 Å². The van der Waals surface area contributed by atoms with E-state index < -0.39 is 16.8 Å². The molecular weight excluding hydrogens is 368 g/mol. The van der Waals surface area contributed by atoms with E-state index in [2.05, 4.69) is 23.3 Å². The van der Waals surface area contributed by atoms with Gasteiger partial charge in [0.05, 0.1) is 23.4 Å². The van der Waals surface area contributed by atoms with Crippen LogP contribution < -0.4 is 10.6 Å². The molecule has 8 heteroatoms.